The Morgan fingerprint density at radius 3 is 2.75 bits per heavy atom. The van der Waals surface area contributed by atoms with E-state index in [-0.39, 0.29) is 5.41 Å². The van der Waals surface area contributed by atoms with Crippen LogP contribution in [0.25, 0.3) is 10.1 Å². The number of aromatic nitrogens is 1. The first-order valence-corrected chi connectivity index (χ1v) is 8.35. The van der Waals surface area contributed by atoms with Crippen LogP contribution < -0.4 is 5.73 Å². The van der Waals surface area contributed by atoms with Crippen LogP contribution in [0, 0.1) is 0 Å². The quantitative estimate of drug-likeness (QED) is 0.736. The molecule has 3 rings (SSSR count). The van der Waals surface area contributed by atoms with Gasteiger partial charge in [0.25, 0.3) is 0 Å². The summed E-state index contributed by atoms with van der Waals surface area (Å²) in [5, 5.41) is 4.13. The van der Waals surface area contributed by atoms with Gasteiger partial charge in [-0.05, 0) is 34.5 Å². The van der Waals surface area contributed by atoms with Gasteiger partial charge in [-0.25, -0.2) is 4.98 Å². The summed E-state index contributed by atoms with van der Waals surface area (Å²) < 4.78 is 1.34. The first kappa shape index (κ1) is 13.6. The van der Waals surface area contributed by atoms with E-state index in [9.17, 15) is 0 Å². The largest absolute Gasteiger partial charge is 0.375 e. The molecule has 2 aromatic heterocycles. The number of thiazole rings is 1. The molecule has 3 aromatic rings. The van der Waals surface area contributed by atoms with Crippen LogP contribution in [-0.2, 0) is 11.8 Å². The number of thiophene rings is 1. The lowest BCUT2D eigenvalue weighted by Gasteiger charge is -2.17. The smallest absolute Gasteiger partial charge is 0.180 e. The van der Waals surface area contributed by atoms with Crippen molar-refractivity contribution >= 4 is 37.9 Å². The molecule has 2 N–H and O–H groups in total. The summed E-state index contributed by atoms with van der Waals surface area (Å²) in [7, 11) is 0. The van der Waals surface area contributed by atoms with Gasteiger partial charge >= 0.3 is 0 Å². The highest BCUT2D eigenvalue weighted by Gasteiger charge is 2.22. The molecular weight excluding hydrogens is 284 g/mol. The van der Waals surface area contributed by atoms with Crippen LogP contribution in [0.3, 0.4) is 0 Å². The predicted molar refractivity (Wildman–Crippen MR) is 89.9 cm³/mol. The van der Waals surface area contributed by atoms with E-state index in [4.69, 9.17) is 5.73 Å². The Morgan fingerprint density at radius 2 is 2.00 bits per heavy atom. The Balaban J connectivity index is 1.98. The van der Waals surface area contributed by atoms with E-state index in [1.807, 2.05) is 0 Å². The molecule has 2 heterocycles. The minimum Gasteiger partial charge on any atom is -0.375 e. The lowest BCUT2D eigenvalue weighted by Crippen LogP contribution is -2.14. The molecule has 0 aliphatic heterocycles. The lowest BCUT2D eigenvalue weighted by atomic mass is 9.90. The van der Waals surface area contributed by atoms with Gasteiger partial charge in [0, 0.05) is 21.4 Å². The molecule has 0 saturated carbocycles. The minimum absolute atomic E-state index is 0.0376. The maximum absolute atomic E-state index is 5.91. The number of nitrogens with two attached hydrogens (primary N) is 1. The highest BCUT2D eigenvalue weighted by atomic mass is 32.1. The number of anilines is 1. The number of hydrogen-bond acceptors (Lipinski definition) is 4. The summed E-state index contributed by atoms with van der Waals surface area (Å²) in [4.78, 5) is 5.81. The van der Waals surface area contributed by atoms with E-state index in [0.717, 1.165) is 12.1 Å². The van der Waals surface area contributed by atoms with E-state index in [1.54, 1.807) is 22.7 Å². The van der Waals surface area contributed by atoms with Crippen molar-refractivity contribution in [1.82, 2.24) is 4.98 Å². The first-order chi connectivity index (χ1) is 9.43. The Labute approximate surface area is 127 Å². The molecular formula is C16H18N2S2. The fourth-order valence-electron chi connectivity index (χ4n) is 2.39. The SMILES string of the molecule is CC(C)(C)c1nc(N)sc1Cc1ccc2sccc2c1. The van der Waals surface area contributed by atoms with Crippen LogP contribution in [-0.4, -0.2) is 4.98 Å². The zero-order valence-electron chi connectivity index (χ0n) is 11.9. The maximum atomic E-state index is 5.91. The third kappa shape index (κ3) is 2.58. The molecule has 20 heavy (non-hydrogen) atoms. The van der Waals surface area contributed by atoms with Gasteiger partial charge in [0.2, 0.25) is 0 Å². The van der Waals surface area contributed by atoms with Crippen molar-refractivity contribution in [2.45, 2.75) is 32.6 Å². The van der Waals surface area contributed by atoms with Crippen molar-refractivity contribution in [3.63, 3.8) is 0 Å². The van der Waals surface area contributed by atoms with Gasteiger partial charge in [-0.1, -0.05) is 26.8 Å². The molecule has 0 amide bonds. The average molecular weight is 302 g/mol. The Bertz CT molecular complexity index is 747. The number of fused-ring (bicyclic) bond motifs is 1. The third-order valence-electron chi connectivity index (χ3n) is 3.31. The number of rotatable bonds is 2. The number of hydrogen-bond donors (Lipinski definition) is 1. The zero-order valence-corrected chi connectivity index (χ0v) is 13.6. The molecule has 2 nitrogen and oxygen atoms in total. The zero-order chi connectivity index (χ0) is 14.3. The molecule has 0 aliphatic rings. The fraction of sp³-hybridized carbons (Fsp3) is 0.312. The van der Waals surface area contributed by atoms with Gasteiger partial charge in [-0.3, -0.25) is 0 Å². The molecule has 0 spiro atoms. The van der Waals surface area contributed by atoms with Crippen molar-refractivity contribution in [3.05, 3.63) is 45.8 Å². The van der Waals surface area contributed by atoms with Crippen molar-refractivity contribution in [2.75, 3.05) is 5.73 Å². The monoisotopic (exact) mass is 302 g/mol. The van der Waals surface area contributed by atoms with Gasteiger partial charge in [0.15, 0.2) is 5.13 Å². The fourth-order valence-corrected chi connectivity index (χ4v) is 4.23. The molecule has 104 valence electrons. The molecule has 0 saturated heterocycles. The van der Waals surface area contributed by atoms with Gasteiger partial charge in [0.1, 0.15) is 0 Å². The summed E-state index contributed by atoms with van der Waals surface area (Å²) in [5.74, 6) is 0. The van der Waals surface area contributed by atoms with E-state index >= 15 is 0 Å². The second-order valence-corrected chi connectivity index (χ2v) is 8.11. The molecule has 1 aromatic carbocycles. The number of nitrogen functional groups attached to an aromatic ring is 1. The molecule has 0 bridgehead atoms. The van der Waals surface area contributed by atoms with Crippen molar-refractivity contribution < 1.29 is 0 Å². The van der Waals surface area contributed by atoms with Gasteiger partial charge in [0.05, 0.1) is 5.69 Å². The Morgan fingerprint density at radius 1 is 1.20 bits per heavy atom. The summed E-state index contributed by atoms with van der Waals surface area (Å²) in [6, 6.07) is 8.86. The van der Waals surface area contributed by atoms with Gasteiger partial charge in [-0.15, -0.1) is 22.7 Å². The van der Waals surface area contributed by atoms with E-state index < -0.39 is 0 Å². The average Bonchev–Trinajstić information content (AvgIpc) is 2.94. The van der Waals surface area contributed by atoms with Crippen LogP contribution in [0.1, 0.15) is 36.9 Å². The molecule has 0 fully saturated rings. The Hall–Kier alpha value is -1.39. The first-order valence-electron chi connectivity index (χ1n) is 6.65. The second-order valence-electron chi connectivity index (χ2n) is 6.04. The highest BCUT2D eigenvalue weighted by molar-refractivity contribution is 7.17. The molecule has 0 atom stereocenters. The molecule has 4 heteroatoms. The van der Waals surface area contributed by atoms with Crippen molar-refractivity contribution in [1.29, 1.82) is 0 Å². The normalized spacial score (nSPS) is 12.2. The van der Waals surface area contributed by atoms with Crippen LogP contribution >= 0.6 is 22.7 Å². The van der Waals surface area contributed by atoms with Gasteiger partial charge < -0.3 is 5.73 Å². The number of benzene rings is 1. The van der Waals surface area contributed by atoms with E-state index in [2.05, 4.69) is 55.4 Å². The Kier molecular flexibility index (Phi) is 3.30. The predicted octanol–water partition coefficient (Wildman–Crippen LogP) is 4.83. The third-order valence-corrected chi connectivity index (χ3v) is 5.09. The molecule has 0 radical (unpaired) electrons. The summed E-state index contributed by atoms with van der Waals surface area (Å²) in [5.41, 5.74) is 8.40. The maximum Gasteiger partial charge on any atom is 0.180 e. The number of nitrogens with zero attached hydrogens (tertiary/aromatic N) is 1. The summed E-state index contributed by atoms with van der Waals surface area (Å²) in [6.45, 7) is 6.56. The minimum atomic E-state index is 0.0376. The highest BCUT2D eigenvalue weighted by Crippen LogP contribution is 2.33. The van der Waals surface area contributed by atoms with Crippen LogP contribution in [0.15, 0.2) is 29.6 Å². The van der Waals surface area contributed by atoms with Crippen LogP contribution in [0.2, 0.25) is 0 Å². The van der Waals surface area contributed by atoms with Gasteiger partial charge in [-0.2, -0.15) is 0 Å². The van der Waals surface area contributed by atoms with Crippen molar-refractivity contribution in [2.24, 2.45) is 0 Å². The van der Waals surface area contributed by atoms with Crippen LogP contribution in [0.4, 0.5) is 5.13 Å². The standard InChI is InChI=1S/C16H18N2S2/c1-16(2,3)14-13(20-15(17)18-14)9-10-4-5-12-11(8-10)6-7-19-12/h4-8H,9H2,1-3H3,(H2,17,18). The van der Waals surface area contributed by atoms with Crippen molar-refractivity contribution in [3.8, 4) is 0 Å². The van der Waals surface area contributed by atoms with Crippen LogP contribution in [0.5, 0.6) is 0 Å². The second kappa shape index (κ2) is 4.86. The topological polar surface area (TPSA) is 38.9 Å². The summed E-state index contributed by atoms with van der Waals surface area (Å²) >= 11 is 3.40. The lowest BCUT2D eigenvalue weighted by molar-refractivity contribution is 0.568. The molecule has 0 unspecified atom stereocenters. The molecule has 0 aliphatic carbocycles. The van der Waals surface area contributed by atoms with E-state index in [0.29, 0.717) is 5.13 Å². The summed E-state index contributed by atoms with van der Waals surface area (Å²) in [6.07, 6.45) is 0.910. The van der Waals surface area contributed by atoms with E-state index in [1.165, 1.54) is 20.5 Å².